The number of halogens is 2. The van der Waals surface area contributed by atoms with E-state index in [0.717, 1.165) is 0 Å². The van der Waals surface area contributed by atoms with E-state index in [1.54, 1.807) is 0 Å². The summed E-state index contributed by atoms with van der Waals surface area (Å²) in [6.45, 7) is 0. The zero-order chi connectivity index (χ0) is 10.9. The third-order valence-corrected chi connectivity index (χ3v) is 4.12. The average molecular weight is 218 g/mol. The molecule has 1 unspecified atom stereocenters. The fourth-order valence-corrected chi connectivity index (χ4v) is 2.88. The van der Waals surface area contributed by atoms with Gasteiger partial charge < -0.3 is 0 Å². The summed E-state index contributed by atoms with van der Waals surface area (Å²) in [5, 5.41) is 0. The lowest BCUT2D eigenvalue weighted by molar-refractivity contribution is -0.0540. The molecule has 3 N–H and O–H groups in total. The van der Waals surface area contributed by atoms with Gasteiger partial charge in [-0.05, 0) is 37.5 Å². The van der Waals surface area contributed by atoms with Gasteiger partial charge in [0.05, 0.1) is 0 Å². The molecule has 0 heterocycles. The van der Waals surface area contributed by atoms with Crippen molar-refractivity contribution in [2.45, 2.75) is 56.9 Å². The number of rotatable bonds is 3. The van der Waals surface area contributed by atoms with Gasteiger partial charge in [0.15, 0.2) is 0 Å². The molecule has 2 aliphatic carbocycles. The van der Waals surface area contributed by atoms with Gasteiger partial charge >= 0.3 is 0 Å². The van der Waals surface area contributed by atoms with E-state index in [1.807, 2.05) is 0 Å². The Morgan fingerprint density at radius 3 is 2.00 bits per heavy atom. The van der Waals surface area contributed by atoms with Crippen molar-refractivity contribution in [2.75, 3.05) is 0 Å². The molecule has 15 heavy (non-hydrogen) atoms. The van der Waals surface area contributed by atoms with E-state index in [4.69, 9.17) is 5.84 Å². The molecule has 2 nitrogen and oxygen atoms in total. The SMILES string of the molecule is NNC(C1CCC1)C1CCC(F)(F)CC1. The van der Waals surface area contributed by atoms with Gasteiger partial charge in [-0.3, -0.25) is 11.3 Å². The minimum absolute atomic E-state index is 0.0442. The molecule has 2 rings (SSSR count). The summed E-state index contributed by atoms with van der Waals surface area (Å²) >= 11 is 0. The Labute approximate surface area is 89.6 Å². The number of hydrazine groups is 1. The molecule has 0 aromatic carbocycles. The Bertz CT molecular complexity index is 207. The van der Waals surface area contributed by atoms with Gasteiger partial charge in [-0.15, -0.1) is 0 Å². The lowest BCUT2D eigenvalue weighted by atomic mass is 9.71. The van der Waals surface area contributed by atoms with E-state index in [-0.39, 0.29) is 18.9 Å². The van der Waals surface area contributed by atoms with Crippen LogP contribution in [0.4, 0.5) is 8.78 Å². The summed E-state index contributed by atoms with van der Waals surface area (Å²) in [4.78, 5) is 0. The molecule has 0 aromatic rings. The summed E-state index contributed by atoms with van der Waals surface area (Å²) in [5.41, 5.74) is 2.86. The normalized spacial score (nSPS) is 29.8. The topological polar surface area (TPSA) is 38.0 Å². The maximum atomic E-state index is 13.0. The first-order valence-electron chi connectivity index (χ1n) is 5.96. The van der Waals surface area contributed by atoms with E-state index in [9.17, 15) is 8.78 Å². The van der Waals surface area contributed by atoms with Crippen molar-refractivity contribution >= 4 is 0 Å². The molecule has 0 bridgehead atoms. The molecule has 1 atom stereocenters. The maximum Gasteiger partial charge on any atom is 0.248 e. The predicted octanol–water partition coefficient (Wildman–Crippen LogP) is 2.44. The van der Waals surface area contributed by atoms with Crippen LogP contribution in [0, 0.1) is 11.8 Å². The van der Waals surface area contributed by atoms with Crippen LogP contribution in [0.5, 0.6) is 0 Å². The Morgan fingerprint density at radius 2 is 1.60 bits per heavy atom. The third-order valence-electron chi connectivity index (χ3n) is 4.12. The standard InChI is InChI=1S/C11H20F2N2/c12-11(13)6-4-9(5-7-11)10(15-14)8-2-1-3-8/h8-10,15H,1-7,14H2. The zero-order valence-corrected chi connectivity index (χ0v) is 9.02. The van der Waals surface area contributed by atoms with Crippen LogP contribution in [0.2, 0.25) is 0 Å². The molecule has 2 fully saturated rings. The van der Waals surface area contributed by atoms with Crippen LogP contribution in [0.1, 0.15) is 44.9 Å². The summed E-state index contributed by atoms with van der Waals surface area (Å²) in [6, 6.07) is 0.273. The Balaban J connectivity index is 1.87. The summed E-state index contributed by atoms with van der Waals surface area (Å²) in [6.07, 6.45) is 5.02. The molecule has 0 spiro atoms. The molecule has 4 heteroatoms. The van der Waals surface area contributed by atoms with E-state index in [1.165, 1.54) is 19.3 Å². The second kappa shape index (κ2) is 4.34. The smallest absolute Gasteiger partial charge is 0.248 e. The van der Waals surface area contributed by atoms with Crippen LogP contribution in [-0.4, -0.2) is 12.0 Å². The highest BCUT2D eigenvalue weighted by atomic mass is 19.3. The van der Waals surface area contributed by atoms with Crippen LogP contribution in [0.3, 0.4) is 0 Å². The van der Waals surface area contributed by atoms with Gasteiger partial charge in [0.2, 0.25) is 5.92 Å². The number of hydrogen-bond acceptors (Lipinski definition) is 2. The highest BCUT2D eigenvalue weighted by Gasteiger charge is 2.40. The highest BCUT2D eigenvalue weighted by Crippen LogP contribution is 2.41. The number of hydrogen-bond donors (Lipinski definition) is 2. The summed E-state index contributed by atoms with van der Waals surface area (Å²) in [5.74, 6) is 4.11. The van der Waals surface area contributed by atoms with Crippen molar-refractivity contribution in [1.29, 1.82) is 0 Å². The molecule has 0 radical (unpaired) electrons. The van der Waals surface area contributed by atoms with Gasteiger partial charge in [-0.25, -0.2) is 8.78 Å². The molecular weight excluding hydrogens is 198 g/mol. The van der Waals surface area contributed by atoms with Crippen molar-refractivity contribution in [3.63, 3.8) is 0 Å². The molecule has 0 amide bonds. The minimum atomic E-state index is -2.42. The van der Waals surface area contributed by atoms with Crippen LogP contribution < -0.4 is 11.3 Å². The van der Waals surface area contributed by atoms with Crippen molar-refractivity contribution in [1.82, 2.24) is 5.43 Å². The Morgan fingerprint density at radius 1 is 1.07 bits per heavy atom. The zero-order valence-electron chi connectivity index (χ0n) is 9.02. The first-order chi connectivity index (χ1) is 7.12. The lowest BCUT2D eigenvalue weighted by Gasteiger charge is -2.41. The van der Waals surface area contributed by atoms with Gasteiger partial charge in [-0.1, -0.05) is 6.42 Å². The van der Waals surface area contributed by atoms with Gasteiger partial charge in [0.1, 0.15) is 0 Å². The average Bonchev–Trinajstić information content (AvgIpc) is 2.12. The molecular formula is C11H20F2N2. The molecule has 0 aromatic heterocycles. The van der Waals surface area contributed by atoms with Crippen LogP contribution in [0.15, 0.2) is 0 Å². The second-order valence-corrected chi connectivity index (χ2v) is 5.08. The first-order valence-corrected chi connectivity index (χ1v) is 5.96. The molecule has 2 saturated carbocycles. The van der Waals surface area contributed by atoms with Crippen molar-refractivity contribution in [3.05, 3.63) is 0 Å². The predicted molar refractivity (Wildman–Crippen MR) is 55.4 cm³/mol. The lowest BCUT2D eigenvalue weighted by Crippen LogP contribution is -2.49. The Hall–Kier alpha value is -0.220. The summed E-state index contributed by atoms with van der Waals surface area (Å²) < 4.78 is 26.0. The van der Waals surface area contributed by atoms with Crippen molar-refractivity contribution < 1.29 is 8.78 Å². The van der Waals surface area contributed by atoms with Gasteiger partial charge in [0, 0.05) is 18.9 Å². The van der Waals surface area contributed by atoms with Crippen molar-refractivity contribution in [3.8, 4) is 0 Å². The van der Waals surface area contributed by atoms with E-state index in [0.29, 0.717) is 24.7 Å². The number of alkyl halides is 2. The fraction of sp³-hybridized carbons (Fsp3) is 1.00. The van der Waals surface area contributed by atoms with Crippen LogP contribution in [0.25, 0.3) is 0 Å². The minimum Gasteiger partial charge on any atom is -0.271 e. The molecule has 0 aliphatic heterocycles. The van der Waals surface area contributed by atoms with Gasteiger partial charge in [-0.2, -0.15) is 0 Å². The van der Waals surface area contributed by atoms with Crippen LogP contribution in [-0.2, 0) is 0 Å². The summed E-state index contributed by atoms with van der Waals surface area (Å²) in [7, 11) is 0. The van der Waals surface area contributed by atoms with E-state index >= 15 is 0 Å². The highest BCUT2D eigenvalue weighted by molar-refractivity contribution is 4.90. The number of nitrogens with one attached hydrogen (secondary N) is 1. The molecule has 0 saturated heterocycles. The van der Waals surface area contributed by atoms with Crippen LogP contribution >= 0.6 is 0 Å². The first kappa shape index (κ1) is 11.3. The van der Waals surface area contributed by atoms with E-state index < -0.39 is 5.92 Å². The van der Waals surface area contributed by atoms with Crippen molar-refractivity contribution in [2.24, 2.45) is 17.7 Å². The maximum absolute atomic E-state index is 13.0. The van der Waals surface area contributed by atoms with E-state index in [2.05, 4.69) is 5.43 Å². The third kappa shape index (κ3) is 2.48. The molecule has 2 aliphatic rings. The largest absolute Gasteiger partial charge is 0.271 e. The number of nitrogens with two attached hydrogens (primary N) is 1. The quantitative estimate of drug-likeness (QED) is 0.564. The molecule has 88 valence electrons. The fourth-order valence-electron chi connectivity index (χ4n) is 2.88. The second-order valence-electron chi connectivity index (χ2n) is 5.08. The monoisotopic (exact) mass is 218 g/mol. The Kier molecular flexibility index (Phi) is 3.26. The van der Waals surface area contributed by atoms with Gasteiger partial charge in [0.25, 0.3) is 0 Å².